The van der Waals surface area contributed by atoms with Crippen LogP contribution in [0.15, 0.2) is 34.9 Å². The first-order valence-corrected chi connectivity index (χ1v) is 6.42. The van der Waals surface area contributed by atoms with E-state index in [1.165, 1.54) is 12.1 Å². The second kappa shape index (κ2) is 5.55. The molecule has 0 spiro atoms. The lowest BCUT2D eigenvalue weighted by Gasteiger charge is -2.04. The number of alkyl halides is 2. The smallest absolute Gasteiger partial charge is 0.387 e. The molecule has 0 amide bonds. The molecule has 3 rings (SSSR count). The lowest BCUT2D eigenvalue weighted by atomic mass is 10.2. The van der Waals surface area contributed by atoms with Crippen LogP contribution in [0.1, 0.15) is 5.69 Å². The zero-order chi connectivity index (χ0) is 15.7. The van der Waals surface area contributed by atoms with Gasteiger partial charge in [0, 0.05) is 18.8 Å². The molecule has 0 unspecified atom stereocenters. The lowest BCUT2D eigenvalue weighted by Crippen LogP contribution is -2.01. The zero-order valence-electron chi connectivity index (χ0n) is 11.8. The Morgan fingerprint density at radius 2 is 2.00 bits per heavy atom. The fourth-order valence-electron chi connectivity index (χ4n) is 2.06. The molecule has 2 aromatic heterocycles. The van der Waals surface area contributed by atoms with Gasteiger partial charge in [0.1, 0.15) is 5.75 Å². The van der Waals surface area contributed by atoms with Gasteiger partial charge in [0.25, 0.3) is 5.89 Å². The van der Waals surface area contributed by atoms with E-state index < -0.39 is 6.61 Å². The van der Waals surface area contributed by atoms with Crippen molar-refractivity contribution in [1.82, 2.24) is 20.0 Å². The van der Waals surface area contributed by atoms with Gasteiger partial charge in [-0.15, -0.1) is 10.2 Å². The first-order chi connectivity index (χ1) is 10.5. The molecule has 6 nitrogen and oxygen atoms in total. The minimum Gasteiger partial charge on any atom is -0.435 e. The molecule has 0 fully saturated rings. The molecule has 114 valence electrons. The van der Waals surface area contributed by atoms with E-state index in [9.17, 15) is 8.78 Å². The molecule has 8 heteroatoms. The molecular weight excluding hydrogens is 294 g/mol. The highest BCUT2D eigenvalue weighted by Gasteiger charge is 2.15. The first-order valence-electron chi connectivity index (χ1n) is 6.42. The molecule has 0 aliphatic rings. The highest BCUT2D eigenvalue weighted by Crippen LogP contribution is 2.27. The average Bonchev–Trinajstić information content (AvgIpc) is 3.05. The van der Waals surface area contributed by atoms with Gasteiger partial charge < -0.3 is 9.15 Å². The van der Waals surface area contributed by atoms with Gasteiger partial charge in [-0.05, 0) is 25.1 Å². The van der Waals surface area contributed by atoms with Crippen LogP contribution in [0.4, 0.5) is 8.78 Å². The summed E-state index contributed by atoms with van der Waals surface area (Å²) in [6, 6.07) is 6.09. The quantitative estimate of drug-likeness (QED) is 0.741. The minimum atomic E-state index is -2.88. The Bertz CT molecular complexity index is 798. The molecule has 0 aliphatic heterocycles. The highest BCUT2D eigenvalue weighted by molar-refractivity contribution is 5.60. The number of halogens is 2. The van der Waals surface area contributed by atoms with Crippen LogP contribution in [0, 0.1) is 6.92 Å². The van der Waals surface area contributed by atoms with Crippen LogP contribution in [0.2, 0.25) is 0 Å². The summed E-state index contributed by atoms with van der Waals surface area (Å²) in [4.78, 5) is 0. The Balaban J connectivity index is 1.92. The maximum Gasteiger partial charge on any atom is 0.387 e. The van der Waals surface area contributed by atoms with Crippen LogP contribution >= 0.6 is 0 Å². The van der Waals surface area contributed by atoms with Crippen LogP contribution < -0.4 is 4.74 Å². The molecule has 2 heterocycles. The van der Waals surface area contributed by atoms with E-state index in [1.807, 2.05) is 6.92 Å². The molecular formula is C14H12F2N4O2. The average molecular weight is 306 g/mol. The number of nitrogens with zero attached hydrogens (tertiary/aromatic N) is 4. The first kappa shape index (κ1) is 14.2. The van der Waals surface area contributed by atoms with Gasteiger partial charge in [0.2, 0.25) is 5.89 Å². The zero-order valence-corrected chi connectivity index (χ0v) is 11.8. The summed E-state index contributed by atoms with van der Waals surface area (Å²) in [5.74, 6) is 0.573. The topological polar surface area (TPSA) is 66.0 Å². The Morgan fingerprint density at radius 1 is 1.23 bits per heavy atom. The molecule has 22 heavy (non-hydrogen) atoms. The predicted molar refractivity (Wildman–Crippen MR) is 73.3 cm³/mol. The van der Waals surface area contributed by atoms with Crippen molar-refractivity contribution >= 4 is 0 Å². The van der Waals surface area contributed by atoms with Crippen molar-refractivity contribution in [2.24, 2.45) is 7.05 Å². The molecule has 0 N–H and O–H groups in total. The third kappa shape index (κ3) is 2.80. The normalized spacial score (nSPS) is 11.1. The molecule has 0 aliphatic carbocycles. The van der Waals surface area contributed by atoms with E-state index >= 15 is 0 Å². The number of hydrogen-bond acceptors (Lipinski definition) is 5. The maximum absolute atomic E-state index is 12.2. The third-order valence-electron chi connectivity index (χ3n) is 2.98. The van der Waals surface area contributed by atoms with Gasteiger partial charge in [0.05, 0.1) is 11.3 Å². The molecule has 0 atom stereocenters. The van der Waals surface area contributed by atoms with Crippen LogP contribution in [0.3, 0.4) is 0 Å². The van der Waals surface area contributed by atoms with Crippen molar-refractivity contribution in [3.8, 4) is 28.7 Å². The Kier molecular flexibility index (Phi) is 3.58. The molecule has 0 radical (unpaired) electrons. The summed E-state index contributed by atoms with van der Waals surface area (Å²) in [6.07, 6.45) is 1.77. The van der Waals surface area contributed by atoms with E-state index in [4.69, 9.17) is 4.42 Å². The SMILES string of the molecule is Cc1nn(C)cc1-c1nnc(-c2cccc(OC(F)F)c2)o1. The van der Waals surface area contributed by atoms with Crippen molar-refractivity contribution in [2.75, 3.05) is 0 Å². The minimum absolute atomic E-state index is 0.0322. The monoisotopic (exact) mass is 306 g/mol. The summed E-state index contributed by atoms with van der Waals surface area (Å²) in [5, 5.41) is 12.1. The summed E-state index contributed by atoms with van der Waals surface area (Å²) in [6.45, 7) is -1.05. The van der Waals surface area contributed by atoms with Gasteiger partial charge in [-0.25, -0.2) is 0 Å². The number of rotatable bonds is 4. The van der Waals surface area contributed by atoms with Gasteiger partial charge in [-0.2, -0.15) is 13.9 Å². The van der Waals surface area contributed by atoms with Gasteiger partial charge in [-0.3, -0.25) is 4.68 Å². The van der Waals surface area contributed by atoms with Crippen molar-refractivity contribution < 1.29 is 17.9 Å². The molecule has 0 saturated heterocycles. The third-order valence-corrected chi connectivity index (χ3v) is 2.98. The van der Waals surface area contributed by atoms with E-state index in [0.717, 1.165) is 11.3 Å². The van der Waals surface area contributed by atoms with E-state index in [1.54, 1.807) is 30.1 Å². The summed E-state index contributed by atoms with van der Waals surface area (Å²) in [7, 11) is 1.79. The van der Waals surface area contributed by atoms with Crippen molar-refractivity contribution in [3.63, 3.8) is 0 Å². The second-order valence-electron chi connectivity index (χ2n) is 4.62. The Hall–Kier alpha value is -2.77. The van der Waals surface area contributed by atoms with Gasteiger partial charge in [0.15, 0.2) is 0 Å². The number of hydrogen-bond donors (Lipinski definition) is 0. The largest absolute Gasteiger partial charge is 0.435 e. The lowest BCUT2D eigenvalue weighted by molar-refractivity contribution is -0.0498. The number of benzene rings is 1. The van der Waals surface area contributed by atoms with Crippen LogP contribution in [0.25, 0.3) is 22.9 Å². The number of aromatic nitrogens is 4. The van der Waals surface area contributed by atoms with Gasteiger partial charge in [-0.1, -0.05) is 6.07 Å². The van der Waals surface area contributed by atoms with Crippen molar-refractivity contribution in [2.45, 2.75) is 13.5 Å². The fraction of sp³-hybridized carbons (Fsp3) is 0.214. The molecule has 1 aromatic carbocycles. The highest BCUT2D eigenvalue weighted by atomic mass is 19.3. The van der Waals surface area contributed by atoms with Crippen molar-refractivity contribution in [1.29, 1.82) is 0 Å². The van der Waals surface area contributed by atoms with E-state index in [0.29, 0.717) is 11.5 Å². The number of aryl methyl sites for hydroxylation is 2. The summed E-state index contributed by atoms with van der Waals surface area (Å²) < 4.78 is 36.1. The van der Waals surface area contributed by atoms with E-state index in [2.05, 4.69) is 20.0 Å². The summed E-state index contributed by atoms with van der Waals surface area (Å²) >= 11 is 0. The standard InChI is InChI=1S/C14H12F2N4O2/c1-8-11(7-20(2)19-8)13-18-17-12(22-13)9-4-3-5-10(6-9)21-14(15)16/h3-7,14H,1-2H3. The Labute approximate surface area is 124 Å². The van der Waals surface area contributed by atoms with Crippen LogP contribution in [0.5, 0.6) is 5.75 Å². The van der Waals surface area contributed by atoms with E-state index in [-0.39, 0.29) is 11.6 Å². The predicted octanol–water partition coefficient (Wildman–Crippen LogP) is 3.05. The number of ether oxygens (including phenoxy) is 1. The van der Waals surface area contributed by atoms with Gasteiger partial charge >= 0.3 is 6.61 Å². The molecule has 0 saturated carbocycles. The van der Waals surface area contributed by atoms with Crippen LogP contribution in [-0.4, -0.2) is 26.6 Å². The molecule has 0 bridgehead atoms. The Morgan fingerprint density at radius 3 is 2.68 bits per heavy atom. The van der Waals surface area contributed by atoms with Crippen LogP contribution in [-0.2, 0) is 7.05 Å². The summed E-state index contributed by atoms with van der Waals surface area (Å²) in [5.41, 5.74) is 1.98. The maximum atomic E-state index is 12.2. The molecule has 3 aromatic rings. The fourth-order valence-corrected chi connectivity index (χ4v) is 2.06. The second-order valence-corrected chi connectivity index (χ2v) is 4.62. The van der Waals surface area contributed by atoms with Crippen molar-refractivity contribution in [3.05, 3.63) is 36.2 Å².